The smallest absolute Gasteiger partial charge is 0.291 e. The Kier molecular flexibility index (Phi) is 3.11. The van der Waals surface area contributed by atoms with Crippen molar-refractivity contribution in [3.63, 3.8) is 0 Å². The van der Waals surface area contributed by atoms with Crippen LogP contribution >= 0.6 is 0 Å². The predicted molar refractivity (Wildman–Crippen MR) is 62.5 cm³/mol. The standard InChI is InChI=1S/C10H14N6O2/c1-3-7-6(2)14-16-5-12-15(4-8(17)13-11)10(16)9(7)18/h5,11,14,18H,3-4H2,1-2H3/p+1. The number of aromatic nitrogens is 4. The van der Waals surface area contributed by atoms with Crippen molar-refractivity contribution in [3.05, 3.63) is 27.8 Å². The van der Waals surface area contributed by atoms with E-state index in [9.17, 15) is 9.59 Å². The maximum absolute atomic E-state index is 12.3. The molecule has 2 aromatic heterocycles. The fraction of sp³-hybridized carbons (Fsp3) is 0.400. The molecular weight excluding hydrogens is 236 g/mol. The number of nitrogens with zero attached hydrogens (tertiary/aromatic N) is 3. The fourth-order valence-electron chi connectivity index (χ4n) is 1.93. The van der Waals surface area contributed by atoms with Crippen molar-refractivity contribution < 1.29 is 9.31 Å². The van der Waals surface area contributed by atoms with Gasteiger partial charge < -0.3 is 0 Å². The molecule has 2 aromatic rings. The van der Waals surface area contributed by atoms with E-state index in [2.05, 4.69) is 10.2 Å². The molecule has 0 fully saturated rings. The third kappa shape index (κ3) is 1.86. The molecule has 96 valence electrons. The van der Waals surface area contributed by atoms with Crippen LogP contribution in [0.15, 0.2) is 11.1 Å². The molecule has 0 bridgehead atoms. The van der Waals surface area contributed by atoms with E-state index in [1.807, 2.05) is 19.3 Å². The van der Waals surface area contributed by atoms with E-state index >= 15 is 0 Å². The van der Waals surface area contributed by atoms with Gasteiger partial charge in [0.25, 0.3) is 17.7 Å². The highest BCUT2D eigenvalue weighted by molar-refractivity contribution is 5.75. The summed E-state index contributed by atoms with van der Waals surface area (Å²) in [6.07, 6.45) is 2.07. The zero-order valence-corrected chi connectivity index (χ0v) is 10.2. The van der Waals surface area contributed by atoms with Gasteiger partial charge in [-0.15, -0.1) is 4.52 Å². The summed E-state index contributed by atoms with van der Waals surface area (Å²) in [5.74, 6) is 4.60. The first-order valence-corrected chi connectivity index (χ1v) is 5.56. The van der Waals surface area contributed by atoms with E-state index in [1.54, 1.807) is 0 Å². The molecule has 8 heteroatoms. The van der Waals surface area contributed by atoms with Crippen molar-refractivity contribution in [2.24, 2.45) is 5.84 Å². The number of aryl methyl sites for hydroxylation is 1. The lowest BCUT2D eigenvalue weighted by Gasteiger charge is -2.01. The van der Waals surface area contributed by atoms with Crippen LogP contribution in [0, 0.1) is 6.92 Å². The van der Waals surface area contributed by atoms with Crippen LogP contribution in [0.2, 0.25) is 0 Å². The summed E-state index contributed by atoms with van der Waals surface area (Å²) in [6.45, 7) is 3.64. The van der Waals surface area contributed by atoms with Gasteiger partial charge in [0.15, 0.2) is 6.54 Å². The molecule has 1 amide bonds. The molecule has 0 saturated heterocycles. The summed E-state index contributed by atoms with van der Waals surface area (Å²) in [7, 11) is 0. The molecule has 2 heterocycles. The largest absolute Gasteiger partial charge is 0.331 e. The molecule has 0 aliphatic carbocycles. The third-order valence-electron chi connectivity index (χ3n) is 2.81. The molecule has 0 radical (unpaired) electrons. The number of aromatic amines is 1. The molecule has 0 aliphatic rings. The zero-order chi connectivity index (χ0) is 13.3. The quantitative estimate of drug-likeness (QED) is 0.258. The van der Waals surface area contributed by atoms with Crippen molar-refractivity contribution in [1.82, 2.24) is 20.3 Å². The lowest BCUT2D eigenvalue weighted by molar-refractivity contribution is -0.582. The van der Waals surface area contributed by atoms with Crippen LogP contribution in [0.25, 0.3) is 5.65 Å². The van der Waals surface area contributed by atoms with Gasteiger partial charge in [-0.1, -0.05) is 11.6 Å². The molecule has 0 aromatic carbocycles. The summed E-state index contributed by atoms with van der Waals surface area (Å²) in [4.78, 5) is 23.5. The van der Waals surface area contributed by atoms with Gasteiger partial charge in [-0.3, -0.25) is 15.0 Å². The molecule has 2 rings (SSSR count). The minimum Gasteiger partial charge on any atom is -0.291 e. The maximum Gasteiger partial charge on any atom is 0.331 e. The Morgan fingerprint density at radius 1 is 1.67 bits per heavy atom. The monoisotopic (exact) mass is 251 g/mol. The van der Waals surface area contributed by atoms with Crippen LogP contribution in [0.5, 0.6) is 0 Å². The van der Waals surface area contributed by atoms with Crippen molar-refractivity contribution in [1.29, 1.82) is 0 Å². The van der Waals surface area contributed by atoms with E-state index in [0.29, 0.717) is 17.6 Å². The molecule has 8 nitrogen and oxygen atoms in total. The van der Waals surface area contributed by atoms with Gasteiger partial charge >= 0.3 is 5.65 Å². The molecule has 0 saturated carbocycles. The van der Waals surface area contributed by atoms with Crippen LogP contribution in [0.3, 0.4) is 0 Å². The van der Waals surface area contributed by atoms with Gasteiger partial charge in [0, 0.05) is 16.4 Å². The Hall–Kier alpha value is -2.22. The van der Waals surface area contributed by atoms with E-state index in [4.69, 9.17) is 5.84 Å². The molecule has 0 aliphatic heterocycles. The number of amides is 1. The van der Waals surface area contributed by atoms with E-state index < -0.39 is 5.91 Å². The first-order chi connectivity index (χ1) is 8.58. The number of rotatable bonds is 3. The highest BCUT2D eigenvalue weighted by Gasteiger charge is 2.21. The molecule has 18 heavy (non-hydrogen) atoms. The third-order valence-corrected chi connectivity index (χ3v) is 2.81. The lowest BCUT2D eigenvalue weighted by Crippen LogP contribution is -2.37. The van der Waals surface area contributed by atoms with Gasteiger partial charge in [-0.2, -0.15) is 0 Å². The van der Waals surface area contributed by atoms with Crippen molar-refractivity contribution >= 4 is 11.6 Å². The Labute approximate surface area is 102 Å². The Balaban J connectivity index is 2.65. The highest BCUT2D eigenvalue weighted by Crippen LogP contribution is 1.99. The Morgan fingerprint density at radius 2 is 2.39 bits per heavy atom. The van der Waals surface area contributed by atoms with Gasteiger partial charge in [0.2, 0.25) is 0 Å². The normalized spacial score (nSPS) is 10.8. The van der Waals surface area contributed by atoms with Crippen molar-refractivity contribution in [2.45, 2.75) is 26.8 Å². The van der Waals surface area contributed by atoms with Crippen LogP contribution in [-0.4, -0.2) is 20.8 Å². The average Bonchev–Trinajstić information content (AvgIpc) is 2.72. The minimum atomic E-state index is -0.418. The first-order valence-electron chi connectivity index (χ1n) is 5.56. The minimum absolute atomic E-state index is 0.0949. The summed E-state index contributed by atoms with van der Waals surface area (Å²) in [6, 6.07) is 0. The van der Waals surface area contributed by atoms with Crippen LogP contribution in [0.1, 0.15) is 18.2 Å². The topological polar surface area (TPSA) is 110 Å². The van der Waals surface area contributed by atoms with Gasteiger partial charge in [0.1, 0.15) is 0 Å². The zero-order valence-electron chi connectivity index (χ0n) is 10.2. The summed E-state index contributed by atoms with van der Waals surface area (Å²) in [5, 5.41) is 7.02. The molecule has 4 N–H and O–H groups in total. The number of hydrogen-bond donors (Lipinski definition) is 3. The van der Waals surface area contributed by atoms with Gasteiger partial charge in [0.05, 0.1) is 0 Å². The molecule has 0 unspecified atom stereocenters. The summed E-state index contributed by atoms with van der Waals surface area (Å²) < 4.78 is 2.82. The number of H-pyrrole nitrogens is 1. The highest BCUT2D eigenvalue weighted by atomic mass is 16.2. The van der Waals surface area contributed by atoms with Gasteiger partial charge in [-0.25, -0.2) is 10.9 Å². The number of carbonyl (C=O) groups is 1. The maximum atomic E-state index is 12.3. The van der Waals surface area contributed by atoms with Crippen molar-refractivity contribution in [3.8, 4) is 0 Å². The second kappa shape index (κ2) is 4.57. The number of nitrogens with one attached hydrogen (secondary N) is 2. The predicted octanol–water partition coefficient (Wildman–Crippen LogP) is -1.83. The summed E-state index contributed by atoms with van der Waals surface area (Å²) >= 11 is 0. The second-order valence-electron chi connectivity index (χ2n) is 3.95. The molecule has 0 atom stereocenters. The fourth-order valence-corrected chi connectivity index (χ4v) is 1.93. The Bertz CT molecular complexity index is 656. The number of carbonyl (C=O) groups excluding carboxylic acids is 1. The van der Waals surface area contributed by atoms with Gasteiger partial charge in [-0.05, 0) is 13.3 Å². The molecular formula is C10H15N6O2+. The summed E-state index contributed by atoms with van der Waals surface area (Å²) in [5.41, 5.74) is 3.68. The first kappa shape index (κ1) is 12.2. The molecule has 0 spiro atoms. The van der Waals surface area contributed by atoms with E-state index in [-0.39, 0.29) is 12.0 Å². The number of hydrogen-bond acceptors (Lipinski definition) is 4. The number of hydrazine groups is 1. The van der Waals surface area contributed by atoms with Crippen LogP contribution in [0.4, 0.5) is 0 Å². The second-order valence-corrected chi connectivity index (χ2v) is 3.95. The van der Waals surface area contributed by atoms with E-state index in [0.717, 1.165) is 5.69 Å². The van der Waals surface area contributed by atoms with Crippen LogP contribution < -0.4 is 21.2 Å². The van der Waals surface area contributed by atoms with Crippen LogP contribution in [-0.2, 0) is 17.8 Å². The SMILES string of the molecule is CCc1c(C)[nH][n+]2cnn(CC(=O)NN)c2c1=O. The lowest BCUT2D eigenvalue weighted by atomic mass is 10.1. The van der Waals surface area contributed by atoms with Crippen molar-refractivity contribution in [2.75, 3.05) is 0 Å². The number of nitrogens with two attached hydrogens (primary N) is 1. The Morgan fingerprint density at radius 3 is 3.00 bits per heavy atom. The number of fused-ring (bicyclic) bond motifs is 1. The average molecular weight is 251 g/mol. The van der Waals surface area contributed by atoms with E-state index in [1.165, 1.54) is 15.5 Å².